The first kappa shape index (κ1) is 15.4. The summed E-state index contributed by atoms with van der Waals surface area (Å²) in [7, 11) is 0. The third kappa shape index (κ3) is 1.91. The highest BCUT2D eigenvalue weighted by atomic mass is 35.5. The molecule has 0 spiro atoms. The maximum atomic E-state index is 14.1. The molecular formula is C18H20ClFN2. The number of hydrogen-bond donors (Lipinski definition) is 0. The Labute approximate surface area is 135 Å². The lowest BCUT2D eigenvalue weighted by Crippen LogP contribution is -2.34. The number of aromatic nitrogens is 2. The molecule has 22 heavy (non-hydrogen) atoms. The molecule has 0 fully saturated rings. The molecule has 0 radical (unpaired) electrons. The van der Waals surface area contributed by atoms with E-state index in [1.165, 1.54) is 6.07 Å². The zero-order valence-corrected chi connectivity index (χ0v) is 14.3. The average Bonchev–Trinajstić information content (AvgIpc) is 2.57. The third-order valence-electron chi connectivity index (χ3n) is 5.79. The van der Waals surface area contributed by atoms with E-state index in [2.05, 4.69) is 44.8 Å². The third-order valence-corrected chi connectivity index (χ3v) is 6.11. The first-order valence-electron chi connectivity index (χ1n) is 7.50. The van der Waals surface area contributed by atoms with Gasteiger partial charge in [0.2, 0.25) is 0 Å². The highest BCUT2D eigenvalue weighted by Gasteiger charge is 2.51. The number of halogens is 2. The van der Waals surface area contributed by atoms with Crippen LogP contribution in [-0.2, 0) is 5.41 Å². The normalized spacial score (nSPS) is 21.7. The number of benzene rings is 1. The van der Waals surface area contributed by atoms with Crippen LogP contribution in [0.2, 0.25) is 5.02 Å². The second-order valence-electron chi connectivity index (χ2n) is 7.20. The quantitative estimate of drug-likeness (QED) is 0.707. The van der Waals surface area contributed by atoms with Crippen molar-refractivity contribution in [3.05, 3.63) is 46.4 Å². The summed E-state index contributed by atoms with van der Waals surface area (Å²) in [5, 5.41) is 9.06. The van der Waals surface area contributed by atoms with Gasteiger partial charge < -0.3 is 0 Å². The van der Waals surface area contributed by atoms with Gasteiger partial charge in [-0.25, -0.2) is 4.39 Å². The molecule has 1 aromatic heterocycles. The molecule has 2 aromatic rings. The van der Waals surface area contributed by atoms with Crippen LogP contribution in [0, 0.1) is 11.2 Å². The Morgan fingerprint density at radius 1 is 1.14 bits per heavy atom. The maximum absolute atomic E-state index is 14.1. The highest BCUT2D eigenvalue weighted by molar-refractivity contribution is 6.33. The fraction of sp³-hybridized carbons (Fsp3) is 0.444. The van der Waals surface area contributed by atoms with Gasteiger partial charge in [0.1, 0.15) is 5.82 Å². The Kier molecular flexibility index (Phi) is 3.33. The van der Waals surface area contributed by atoms with Gasteiger partial charge in [-0.1, -0.05) is 52.3 Å². The minimum absolute atomic E-state index is 0.0572. The summed E-state index contributed by atoms with van der Waals surface area (Å²) in [5.41, 5.74) is 2.95. The Balaban J connectivity index is 2.21. The first-order valence-corrected chi connectivity index (χ1v) is 7.88. The Morgan fingerprint density at radius 3 is 2.45 bits per heavy atom. The molecule has 0 saturated carbocycles. The fourth-order valence-corrected chi connectivity index (χ4v) is 3.58. The second-order valence-corrected chi connectivity index (χ2v) is 7.61. The SMILES string of the molecule is C[C@@H]1c2cc(-c3c(F)cccc3Cl)nnc2C(C)(C)C1(C)C. The molecule has 0 bridgehead atoms. The van der Waals surface area contributed by atoms with Crippen molar-refractivity contribution in [3.8, 4) is 11.3 Å². The zero-order chi connectivity index (χ0) is 16.3. The molecule has 1 aliphatic rings. The van der Waals surface area contributed by atoms with Crippen LogP contribution in [0.5, 0.6) is 0 Å². The molecule has 1 atom stereocenters. The molecule has 4 heteroatoms. The Morgan fingerprint density at radius 2 is 1.82 bits per heavy atom. The molecule has 0 amide bonds. The summed E-state index contributed by atoms with van der Waals surface area (Å²) >= 11 is 6.16. The van der Waals surface area contributed by atoms with Gasteiger partial charge >= 0.3 is 0 Å². The molecule has 3 rings (SSSR count). The van der Waals surface area contributed by atoms with Crippen LogP contribution in [-0.4, -0.2) is 10.2 Å². The van der Waals surface area contributed by atoms with Gasteiger partial charge in [0.15, 0.2) is 0 Å². The standard InChI is InChI=1S/C18H20ClFN2/c1-10-11-9-14(15-12(19)7-6-8-13(15)20)21-22-16(11)18(4,5)17(10,2)3/h6-10H,1-5H3/t10-/m1/s1. The number of fused-ring (bicyclic) bond motifs is 1. The van der Waals surface area contributed by atoms with Crippen LogP contribution in [0.15, 0.2) is 24.3 Å². The van der Waals surface area contributed by atoms with E-state index >= 15 is 0 Å². The monoisotopic (exact) mass is 318 g/mol. The van der Waals surface area contributed by atoms with Crippen LogP contribution >= 0.6 is 11.6 Å². The minimum Gasteiger partial charge on any atom is -0.206 e. The zero-order valence-electron chi connectivity index (χ0n) is 13.5. The number of hydrogen-bond acceptors (Lipinski definition) is 2. The summed E-state index contributed by atoms with van der Waals surface area (Å²) in [6.45, 7) is 11.1. The summed E-state index contributed by atoms with van der Waals surface area (Å²) in [6, 6.07) is 6.62. The first-order chi connectivity index (χ1) is 10.2. The van der Waals surface area contributed by atoms with Gasteiger partial charge in [-0.15, -0.1) is 0 Å². The van der Waals surface area contributed by atoms with Crippen molar-refractivity contribution in [3.63, 3.8) is 0 Å². The minimum atomic E-state index is -0.370. The molecule has 1 heterocycles. The van der Waals surface area contributed by atoms with Gasteiger partial charge in [0, 0.05) is 5.41 Å². The molecule has 2 nitrogen and oxygen atoms in total. The molecule has 0 aliphatic heterocycles. The highest BCUT2D eigenvalue weighted by Crippen LogP contribution is 2.57. The predicted octanol–water partition coefficient (Wildman–Crippen LogP) is 5.36. The lowest BCUT2D eigenvalue weighted by Gasteiger charge is -2.37. The molecule has 1 aliphatic carbocycles. The average molecular weight is 319 g/mol. The van der Waals surface area contributed by atoms with Crippen LogP contribution in [0.1, 0.15) is 51.8 Å². The van der Waals surface area contributed by atoms with E-state index in [1.54, 1.807) is 12.1 Å². The molecule has 1 aromatic carbocycles. The van der Waals surface area contributed by atoms with Crippen LogP contribution < -0.4 is 0 Å². The van der Waals surface area contributed by atoms with Crippen LogP contribution in [0.25, 0.3) is 11.3 Å². The van der Waals surface area contributed by atoms with E-state index < -0.39 is 0 Å². The van der Waals surface area contributed by atoms with E-state index in [0.717, 1.165) is 11.3 Å². The van der Waals surface area contributed by atoms with Crippen molar-refractivity contribution in [1.82, 2.24) is 10.2 Å². The topological polar surface area (TPSA) is 25.8 Å². The van der Waals surface area contributed by atoms with E-state index in [9.17, 15) is 4.39 Å². The molecular weight excluding hydrogens is 299 g/mol. The number of rotatable bonds is 1. The van der Waals surface area contributed by atoms with Crippen molar-refractivity contribution in [2.24, 2.45) is 5.41 Å². The summed E-state index contributed by atoms with van der Waals surface area (Å²) in [6.07, 6.45) is 0. The Bertz CT molecular complexity index is 732. The van der Waals surface area contributed by atoms with E-state index in [1.807, 2.05) is 6.07 Å². The van der Waals surface area contributed by atoms with E-state index in [-0.39, 0.29) is 16.6 Å². The van der Waals surface area contributed by atoms with Crippen molar-refractivity contribution >= 4 is 11.6 Å². The van der Waals surface area contributed by atoms with Gasteiger partial charge in [-0.2, -0.15) is 10.2 Å². The molecule has 0 unspecified atom stereocenters. The van der Waals surface area contributed by atoms with Crippen molar-refractivity contribution < 1.29 is 4.39 Å². The molecule has 116 valence electrons. The molecule has 0 saturated heterocycles. The van der Waals surface area contributed by atoms with Gasteiger partial charge in [-0.05, 0) is 35.1 Å². The van der Waals surface area contributed by atoms with Crippen LogP contribution in [0.4, 0.5) is 4.39 Å². The lowest BCUT2D eigenvalue weighted by atomic mass is 9.66. The summed E-state index contributed by atoms with van der Waals surface area (Å²) in [4.78, 5) is 0. The van der Waals surface area contributed by atoms with Crippen molar-refractivity contribution in [2.75, 3.05) is 0 Å². The fourth-order valence-electron chi connectivity index (χ4n) is 3.32. The smallest absolute Gasteiger partial charge is 0.134 e. The summed E-state index contributed by atoms with van der Waals surface area (Å²) < 4.78 is 14.1. The van der Waals surface area contributed by atoms with Crippen molar-refractivity contribution in [1.29, 1.82) is 0 Å². The second kappa shape index (κ2) is 4.76. The van der Waals surface area contributed by atoms with Gasteiger partial charge in [0.05, 0.1) is 22.0 Å². The van der Waals surface area contributed by atoms with Gasteiger partial charge in [-0.3, -0.25) is 0 Å². The van der Waals surface area contributed by atoms with E-state index in [0.29, 0.717) is 22.2 Å². The van der Waals surface area contributed by atoms with Gasteiger partial charge in [0.25, 0.3) is 0 Å². The van der Waals surface area contributed by atoms with Crippen molar-refractivity contribution in [2.45, 2.75) is 46.0 Å². The summed E-state index contributed by atoms with van der Waals surface area (Å²) in [5.74, 6) is -0.0526. The number of nitrogens with zero attached hydrogens (tertiary/aromatic N) is 2. The predicted molar refractivity (Wildman–Crippen MR) is 87.7 cm³/mol. The molecule has 0 N–H and O–H groups in total. The lowest BCUT2D eigenvalue weighted by molar-refractivity contribution is 0.187. The largest absolute Gasteiger partial charge is 0.206 e. The van der Waals surface area contributed by atoms with E-state index in [4.69, 9.17) is 11.6 Å². The van der Waals surface area contributed by atoms with Crippen LogP contribution in [0.3, 0.4) is 0 Å². The maximum Gasteiger partial charge on any atom is 0.134 e. The Hall–Kier alpha value is -1.48.